The highest BCUT2D eigenvalue weighted by atomic mass is 15.3. The summed E-state index contributed by atoms with van der Waals surface area (Å²) in [6, 6.07) is 0.717. The number of hydrogen-bond acceptors (Lipinski definition) is 3. The van der Waals surface area contributed by atoms with E-state index in [0.717, 1.165) is 18.4 Å². The number of nitrogens with zero attached hydrogens (tertiary/aromatic N) is 3. The Morgan fingerprint density at radius 3 is 3.06 bits per heavy atom. The summed E-state index contributed by atoms with van der Waals surface area (Å²) in [6.45, 7) is 2.40. The van der Waals surface area contributed by atoms with Crippen molar-refractivity contribution in [2.24, 2.45) is 5.92 Å². The number of hydrogen-bond donors (Lipinski definition) is 1. The molecule has 0 aromatic carbocycles. The van der Waals surface area contributed by atoms with Crippen LogP contribution in [-0.4, -0.2) is 27.9 Å². The molecule has 1 aromatic rings. The number of piperidine rings is 1. The quantitative estimate of drug-likeness (QED) is 0.837. The molecule has 0 spiro atoms. The van der Waals surface area contributed by atoms with Crippen LogP contribution in [0.15, 0.2) is 6.33 Å². The zero-order valence-corrected chi connectivity index (χ0v) is 9.73. The predicted octanol–water partition coefficient (Wildman–Crippen LogP) is 1.55. The van der Waals surface area contributed by atoms with Gasteiger partial charge in [-0.3, -0.25) is 0 Å². The second kappa shape index (κ2) is 4.53. The van der Waals surface area contributed by atoms with Crippen LogP contribution in [-0.2, 0) is 6.42 Å². The van der Waals surface area contributed by atoms with Gasteiger partial charge in [-0.05, 0) is 51.1 Å². The van der Waals surface area contributed by atoms with E-state index >= 15 is 0 Å². The third-order valence-corrected chi connectivity index (χ3v) is 3.76. The average Bonchev–Trinajstić information content (AvgIpc) is 3.07. The Morgan fingerprint density at radius 1 is 1.38 bits per heavy atom. The molecule has 1 saturated heterocycles. The van der Waals surface area contributed by atoms with Crippen LogP contribution in [0, 0.1) is 5.92 Å². The molecular weight excluding hydrogens is 200 g/mol. The summed E-state index contributed by atoms with van der Waals surface area (Å²) >= 11 is 0. The first-order valence-electron chi connectivity index (χ1n) is 6.52. The number of aromatic nitrogens is 3. The van der Waals surface area contributed by atoms with Crippen molar-refractivity contribution in [1.82, 2.24) is 20.1 Å². The third-order valence-electron chi connectivity index (χ3n) is 3.76. The maximum absolute atomic E-state index is 4.25. The van der Waals surface area contributed by atoms with Gasteiger partial charge in [0.1, 0.15) is 12.2 Å². The van der Waals surface area contributed by atoms with Gasteiger partial charge in [0.05, 0.1) is 0 Å². The van der Waals surface area contributed by atoms with Crippen LogP contribution in [0.1, 0.15) is 44.0 Å². The first-order valence-corrected chi connectivity index (χ1v) is 6.52. The summed E-state index contributed by atoms with van der Waals surface area (Å²) in [7, 11) is 0. The maximum atomic E-state index is 4.25. The van der Waals surface area contributed by atoms with Crippen LogP contribution in [0.25, 0.3) is 0 Å². The van der Waals surface area contributed by atoms with E-state index < -0.39 is 0 Å². The van der Waals surface area contributed by atoms with Gasteiger partial charge in [-0.15, -0.1) is 10.2 Å². The summed E-state index contributed by atoms with van der Waals surface area (Å²) in [5, 5.41) is 11.8. The Labute approximate surface area is 96.4 Å². The summed E-state index contributed by atoms with van der Waals surface area (Å²) in [5.74, 6) is 2.05. The maximum Gasteiger partial charge on any atom is 0.133 e. The van der Waals surface area contributed by atoms with E-state index in [1.807, 2.05) is 6.33 Å². The monoisotopic (exact) mass is 220 g/mol. The van der Waals surface area contributed by atoms with Crippen LogP contribution in [0.3, 0.4) is 0 Å². The molecule has 4 nitrogen and oxygen atoms in total. The zero-order chi connectivity index (χ0) is 10.8. The van der Waals surface area contributed by atoms with Crippen molar-refractivity contribution in [2.45, 2.75) is 44.6 Å². The van der Waals surface area contributed by atoms with Gasteiger partial charge in [-0.2, -0.15) is 0 Å². The van der Waals surface area contributed by atoms with E-state index in [2.05, 4.69) is 20.1 Å². The van der Waals surface area contributed by atoms with E-state index in [4.69, 9.17) is 0 Å². The molecule has 1 saturated carbocycles. The van der Waals surface area contributed by atoms with Crippen molar-refractivity contribution >= 4 is 0 Å². The van der Waals surface area contributed by atoms with Gasteiger partial charge in [-0.1, -0.05) is 0 Å². The van der Waals surface area contributed by atoms with Crippen LogP contribution < -0.4 is 5.32 Å². The van der Waals surface area contributed by atoms with Crippen LogP contribution in [0.2, 0.25) is 0 Å². The number of rotatable bonds is 4. The van der Waals surface area contributed by atoms with Crippen molar-refractivity contribution in [2.75, 3.05) is 13.1 Å². The topological polar surface area (TPSA) is 42.7 Å². The van der Waals surface area contributed by atoms with E-state index in [1.54, 1.807) is 0 Å². The molecule has 1 aromatic heterocycles. The van der Waals surface area contributed by atoms with E-state index in [9.17, 15) is 0 Å². The molecule has 1 aliphatic heterocycles. The van der Waals surface area contributed by atoms with Gasteiger partial charge in [0, 0.05) is 12.5 Å². The average molecular weight is 220 g/mol. The molecule has 1 unspecified atom stereocenters. The fourth-order valence-corrected chi connectivity index (χ4v) is 2.61. The lowest BCUT2D eigenvalue weighted by atomic mass is 9.94. The Balaban J connectivity index is 1.54. The third kappa shape index (κ3) is 2.26. The Morgan fingerprint density at radius 2 is 2.31 bits per heavy atom. The predicted molar refractivity (Wildman–Crippen MR) is 62.2 cm³/mol. The van der Waals surface area contributed by atoms with Crippen LogP contribution in [0.5, 0.6) is 0 Å². The lowest BCUT2D eigenvalue weighted by Crippen LogP contribution is -2.30. The lowest BCUT2D eigenvalue weighted by Gasteiger charge is -2.22. The molecule has 1 aliphatic carbocycles. The zero-order valence-electron chi connectivity index (χ0n) is 9.73. The van der Waals surface area contributed by atoms with Gasteiger partial charge in [-0.25, -0.2) is 0 Å². The molecule has 4 heteroatoms. The highest BCUT2D eigenvalue weighted by molar-refractivity contribution is 4.95. The fourth-order valence-electron chi connectivity index (χ4n) is 2.61. The van der Waals surface area contributed by atoms with E-state index in [0.29, 0.717) is 0 Å². The van der Waals surface area contributed by atoms with Crippen LogP contribution >= 0.6 is 0 Å². The Kier molecular flexibility index (Phi) is 2.91. The summed E-state index contributed by atoms with van der Waals surface area (Å²) in [4.78, 5) is 0. The molecule has 0 amide bonds. The van der Waals surface area contributed by atoms with Gasteiger partial charge in [0.25, 0.3) is 0 Å². The first kappa shape index (κ1) is 10.3. The van der Waals surface area contributed by atoms with Crippen molar-refractivity contribution in [3.05, 3.63) is 12.2 Å². The molecule has 16 heavy (non-hydrogen) atoms. The van der Waals surface area contributed by atoms with Crippen molar-refractivity contribution < 1.29 is 0 Å². The summed E-state index contributed by atoms with van der Waals surface area (Å²) in [5.41, 5.74) is 0. The second-order valence-corrected chi connectivity index (χ2v) is 5.14. The van der Waals surface area contributed by atoms with Crippen molar-refractivity contribution in [3.63, 3.8) is 0 Å². The molecule has 0 bridgehead atoms. The smallest absolute Gasteiger partial charge is 0.133 e. The largest absolute Gasteiger partial charge is 0.316 e. The fraction of sp³-hybridized carbons (Fsp3) is 0.833. The molecule has 3 rings (SSSR count). The summed E-state index contributed by atoms with van der Waals surface area (Å²) in [6.07, 6.45) is 9.62. The molecule has 88 valence electrons. The minimum Gasteiger partial charge on any atom is -0.316 e. The van der Waals surface area contributed by atoms with Gasteiger partial charge < -0.3 is 9.88 Å². The van der Waals surface area contributed by atoms with Crippen LogP contribution in [0.4, 0.5) is 0 Å². The standard InChI is InChI=1S/C12H20N4/c1-2-10(8-13-7-1)3-6-12-15-14-9-16(12)11-4-5-11/h9-11,13H,1-8H2. The molecule has 2 heterocycles. The normalized spacial score (nSPS) is 25.9. The molecule has 2 fully saturated rings. The SMILES string of the molecule is c1nnc(CCC2CCCNC2)n1C1CC1. The van der Waals surface area contributed by atoms with Crippen molar-refractivity contribution in [3.8, 4) is 0 Å². The Hall–Kier alpha value is -0.900. The highest BCUT2D eigenvalue weighted by Gasteiger charge is 2.26. The van der Waals surface area contributed by atoms with E-state index in [1.165, 1.54) is 51.0 Å². The Bertz CT molecular complexity index is 337. The molecule has 1 N–H and O–H groups in total. The lowest BCUT2D eigenvalue weighted by molar-refractivity contribution is 0.354. The second-order valence-electron chi connectivity index (χ2n) is 5.14. The molecule has 1 atom stereocenters. The molecular formula is C12H20N4. The van der Waals surface area contributed by atoms with Gasteiger partial charge in [0.15, 0.2) is 0 Å². The molecule has 0 radical (unpaired) electrons. The highest BCUT2D eigenvalue weighted by Crippen LogP contribution is 2.35. The van der Waals surface area contributed by atoms with Crippen molar-refractivity contribution in [1.29, 1.82) is 0 Å². The van der Waals surface area contributed by atoms with Gasteiger partial charge in [0.2, 0.25) is 0 Å². The first-order chi connectivity index (χ1) is 7.93. The number of nitrogens with one attached hydrogen (secondary N) is 1. The van der Waals surface area contributed by atoms with Gasteiger partial charge >= 0.3 is 0 Å². The molecule has 2 aliphatic rings. The van der Waals surface area contributed by atoms with E-state index in [-0.39, 0.29) is 0 Å². The minimum atomic E-state index is 0.717. The summed E-state index contributed by atoms with van der Waals surface area (Å²) < 4.78 is 2.29. The number of aryl methyl sites for hydroxylation is 1. The minimum absolute atomic E-state index is 0.717.